The fourth-order valence-corrected chi connectivity index (χ4v) is 5.34. The first-order chi connectivity index (χ1) is 10.8. The number of fused-ring (bicyclic) bond motifs is 1. The maximum Gasteiger partial charge on any atom is 0.273 e. The minimum atomic E-state index is 0.127. The minimum Gasteiger partial charge on any atom is -0.337 e. The number of nitrogens with zero attached hydrogens (tertiary/aromatic N) is 2. The summed E-state index contributed by atoms with van der Waals surface area (Å²) in [6.07, 6.45) is 6.56. The Morgan fingerprint density at radius 3 is 2.86 bits per heavy atom. The third-order valence-corrected chi connectivity index (χ3v) is 6.64. The largest absolute Gasteiger partial charge is 0.337 e. The molecule has 2 aliphatic rings. The van der Waals surface area contributed by atoms with Gasteiger partial charge in [-0.3, -0.25) is 4.79 Å². The summed E-state index contributed by atoms with van der Waals surface area (Å²) in [4.78, 5) is 19.3. The summed E-state index contributed by atoms with van der Waals surface area (Å²) in [7, 11) is 0. The molecule has 1 amide bonds. The van der Waals surface area contributed by atoms with E-state index in [-0.39, 0.29) is 5.91 Å². The normalized spacial score (nSPS) is 25.0. The van der Waals surface area contributed by atoms with Crippen molar-refractivity contribution in [2.45, 2.75) is 32.1 Å². The molecule has 1 aliphatic heterocycles. The van der Waals surface area contributed by atoms with Gasteiger partial charge in [-0.1, -0.05) is 19.3 Å². The molecule has 2 aromatic heterocycles. The summed E-state index contributed by atoms with van der Waals surface area (Å²) >= 11 is 3.23. The lowest BCUT2D eigenvalue weighted by Gasteiger charge is -2.41. The van der Waals surface area contributed by atoms with Crippen LogP contribution in [0.15, 0.2) is 22.2 Å². The van der Waals surface area contributed by atoms with Crippen molar-refractivity contribution in [1.29, 1.82) is 0 Å². The first kappa shape index (κ1) is 14.4. The molecule has 1 aliphatic carbocycles. The van der Waals surface area contributed by atoms with Gasteiger partial charge in [0, 0.05) is 29.4 Å². The Morgan fingerprint density at radius 2 is 2.05 bits per heavy atom. The van der Waals surface area contributed by atoms with Gasteiger partial charge >= 0.3 is 0 Å². The van der Waals surface area contributed by atoms with Crippen LogP contribution < -0.4 is 0 Å². The molecule has 1 saturated carbocycles. The van der Waals surface area contributed by atoms with Crippen molar-refractivity contribution in [3.05, 3.63) is 27.9 Å². The van der Waals surface area contributed by atoms with Crippen LogP contribution in [-0.4, -0.2) is 28.9 Å². The highest BCUT2D eigenvalue weighted by Crippen LogP contribution is 2.36. The Bertz CT molecular complexity index is 649. The van der Waals surface area contributed by atoms with Crippen molar-refractivity contribution < 1.29 is 4.79 Å². The number of thiazole rings is 1. The molecule has 0 spiro atoms. The average Bonchev–Trinajstić information content (AvgIpc) is 3.24. The first-order valence-electron chi connectivity index (χ1n) is 8.08. The molecule has 2 unspecified atom stereocenters. The van der Waals surface area contributed by atoms with E-state index in [9.17, 15) is 4.79 Å². The number of hydrogen-bond acceptors (Lipinski definition) is 4. The molecule has 0 aromatic carbocycles. The molecular weight excluding hydrogens is 312 g/mol. The van der Waals surface area contributed by atoms with Gasteiger partial charge in [-0.05, 0) is 36.1 Å². The van der Waals surface area contributed by atoms with E-state index in [2.05, 4.69) is 16.4 Å². The molecule has 4 rings (SSSR count). The lowest BCUT2D eigenvalue weighted by molar-refractivity contribution is 0.0516. The summed E-state index contributed by atoms with van der Waals surface area (Å²) in [5.74, 6) is 1.71. The number of amides is 1. The van der Waals surface area contributed by atoms with Crippen LogP contribution >= 0.6 is 22.7 Å². The molecule has 22 heavy (non-hydrogen) atoms. The van der Waals surface area contributed by atoms with Gasteiger partial charge in [0.25, 0.3) is 5.91 Å². The van der Waals surface area contributed by atoms with E-state index in [1.165, 1.54) is 32.1 Å². The number of carbonyl (C=O) groups excluding carboxylic acids is 1. The number of hydrogen-bond donors (Lipinski definition) is 0. The third kappa shape index (κ3) is 2.72. The third-order valence-electron chi connectivity index (χ3n) is 5.07. The zero-order chi connectivity index (χ0) is 14.9. The fourth-order valence-electron chi connectivity index (χ4n) is 3.84. The highest BCUT2D eigenvalue weighted by Gasteiger charge is 2.33. The number of thiophene rings is 1. The van der Waals surface area contributed by atoms with Gasteiger partial charge in [0.1, 0.15) is 10.7 Å². The molecule has 2 atom stereocenters. The molecule has 2 aromatic rings. The van der Waals surface area contributed by atoms with Gasteiger partial charge < -0.3 is 4.90 Å². The highest BCUT2D eigenvalue weighted by molar-refractivity contribution is 7.14. The molecule has 2 fully saturated rings. The number of rotatable bonds is 2. The van der Waals surface area contributed by atoms with E-state index in [0.717, 1.165) is 35.5 Å². The van der Waals surface area contributed by atoms with Gasteiger partial charge in [0.15, 0.2) is 0 Å². The van der Waals surface area contributed by atoms with Crippen molar-refractivity contribution in [2.24, 2.45) is 11.8 Å². The summed E-state index contributed by atoms with van der Waals surface area (Å²) in [5.41, 5.74) is 1.75. The minimum absolute atomic E-state index is 0.127. The second kappa shape index (κ2) is 6.13. The fraction of sp³-hybridized carbons (Fsp3) is 0.529. The molecule has 3 nitrogen and oxygen atoms in total. The van der Waals surface area contributed by atoms with Crippen LogP contribution in [0.1, 0.15) is 42.6 Å². The second-order valence-corrected chi connectivity index (χ2v) is 8.03. The summed E-state index contributed by atoms with van der Waals surface area (Å²) < 4.78 is 0. The molecule has 1 saturated heterocycles. The zero-order valence-corrected chi connectivity index (χ0v) is 14.2. The van der Waals surface area contributed by atoms with Gasteiger partial charge in [0.2, 0.25) is 0 Å². The Hall–Kier alpha value is -1.20. The van der Waals surface area contributed by atoms with Crippen molar-refractivity contribution in [3.8, 4) is 10.6 Å². The number of piperidine rings is 1. The van der Waals surface area contributed by atoms with Crippen LogP contribution in [0, 0.1) is 11.8 Å². The van der Waals surface area contributed by atoms with Crippen molar-refractivity contribution in [3.63, 3.8) is 0 Å². The summed E-state index contributed by atoms with van der Waals surface area (Å²) in [6, 6.07) is 2.06. The molecule has 116 valence electrons. The maximum absolute atomic E-state index is 12.7. The van der Waals surface area contributed by atoms with E-state index in [4.69, 9.17) is 0 Å². The number of likely N-dealkylation sites (tertiary alicyclic amines) is 1. The SMILES string of the molecule is O=C(c1csc(-c2ccsc2)n1)N1CCC2CCCCC2C1. The highest BCUT2D eigenvalue weighted by atomic mass is 32.1. The monoisotopic (exact) mass is 332 g/mol. The maximum atomic E-state index is 12.7. The Morgan fingerprint density at radius 1 is 1.18 bits per heavy atom. The van der Waals surface area contributed by atoms with Crippen LogP contribution in [0.3, 0.4) is 0 Å². The molecule has 0 radical (unpaired) electrons. The quantitative estimate of drug-likeness (QED) is 0.810. The van der Waals surface area contributed by atoms with Gasteiger partial charge in [-0.2, -0.15) is 11.3 Å². The lowest BCUT2D eigenvalue weighted by atomic mass is 9.75. The smallest absolute Gasteiger partial charge is 0.273 e. The van der Waals surface area contributed by atoms with Gasteiger partial charge in [-0.25, -0.2) is 4.98 Å². The molecule has 3 heterocycles. The summed E-state index contributed by atoms with van der Waals surface area (Å²) in [6.45, 7) is 1.85. The summed E-state index contributed by atoms with van der Waals surface area (Å²) in [5, 5.41) is 7.01. The number of carbonyl (C=O) groups is 1. The predicted octanol–water partition coefficient (Wildman–Crippen LogP) is 4.52. The van der Waals surface area contributed by atoms with Crippen molar-refractivity contribution in [1.82, 2.24) is 9.88 Å². The van der Waals surface area contributed by atoms with E-state index in [1.54, 1.807) is 22.7 Å². The molecule has 5 heteroatoms. The average molecular weight is 332 g/mol. The predicted molar refractivity (Wildman–Crippen MR) is 91.4 cm³/mol. The van der Waals surface area contributed by atoms with E-state index >= 15 is 0 Å². The second-order valence-electron chi connectivity index (χ2n) is 6.39. The number of aromatic nitrogens is 1. The molecule has 0 bridgehead atoms. The van der Waals surface area contributed by atoms with Crippen LogP contribution in [0.5, 0.6) is 0 Å². The van der Waals surface area contributed by atoms with E-state index < -0.39 is 0 Å². The van der Waals surface area contributed by atoms with Gasteiger partial charge in [0.05, 0.1) is 0 Å². The zero-order valence-electron chi connectivity index (χ0n) is 12.5. The molecule has 0 N–H and O–H groups in total. The van der Waals surface area contributed by atoms with E-state index in [1.807, 2.05) is 15.7 Å². The Balaban J connectivity index is 1.48. The van der Waals surface area contributed by atoms with Crippen LogP contribution in [0.4, 0.5) is 0 Å². The lowest BCUT2D eigenvalue weighted by Crippen LogP contribution is -2.44. The van der Waals surface area contributed by atoms with Crippen LogP contribution in [0.2, 0.25) is 0 Å². The van der Waals surface area contributed by atoms with Crippen LogP contribution in [-0.2, 0) is 0 Å². The van der Waals surface area contributed by atoms with E-state index in [0.29, 0.717) is 5.69 Å². The van der Waals surface area contributed by atoms with Crippen molar-refractivity contribution in [2.75, 3.05) is 13.1 Å². The molecular formula is C17H20N2OS2. The standard InChI is InChI=1S/C17H20N2OS2/c20-17(15-11-22-16(18-15)14-6-8-21-10-14)19-7-5-12-3-1-2-4-13(12)9-19/h6,8,10-13H,1-5,7,9H2. The van der Waals surface area contributed by atoms with Crippen molar-refractivity contribution >= 4 is 28.6 Å². The Labute approximate surface area is 139 Å². The van der Waals surface area contributed by atoms with Crippen LogP contribution in [0.25, 0.3) is 10.6 Å². The first-order valence-corrected chi connectivity index (χ1v) is 9.91. The Kier molecular flexibility index (Phi) is 4.01. The topological polar surface area (TPSA) is 33.2 Å². The van der Waals surface area contributed by atoms with Gasteiger partial charge in [-0.15, -0.1) is 11.3 Å².